The number of aromatic nitrogens is 4. The van der Waals surface area contributed by atoms with Crippen molar-refractivity contribution in [2.45, 2.75) is 74.6 Å². The van der Waals surface area contributed by atoms with Crippen LogP contribution in [0.3, 0.4) is 0 Å². The van der Waals surface area contributed by atoms with Gasteiger partial charge in [0.1, 0.15) is 41.7 Å². The number of aliphatic hydroxyl groups excluding tert-OH is 2. The Kier molecular flexibility index (Phi) is 16.7. The Morgan fingerprint density at radius 2 is 1.16 bits per heavy atom. The summed E-state index contributed by atoms with van der Waals surface area (Å²) in [7, 11) is -5.29. The second-order valence-electron chi connectivity index (χ2n) is 13.3. The number of hydrogen-bond donors (Lipinski definition) is 6. The molecule has 10 atom stereocenters. The number of esters is 2. The summed E-state index contributed by atoms with van der Waals surface area (Å²) in [6, 6.07) is 7.68. The van der Waals surface area contributed by atoms with Gasteiger partial charge in [-0.3, -0.25) is 27.8 Å². The van der Waals surface area contributed by atoms with Crippen LogP contribution in [0.1, 0.15) is 26.3 Å². The third kappa shape index (κ3) is 12.2. The van der Waals surface area contributed by atoms with E-state index >= 15 is 0 Å². The van der Waals surface area contributed by atoms with Crippen LogP contribution in [-0.2, 0) is 51.2 Å². The molecule has 24 nitrogen and oxygen atoms in total. The van der Waals surface area contributed by atoms with Crippen LogP contribution in [0.15, 0.2) is 64.4 Å². The highest BCUT2D eigenvalue weighted by molar-refractivity contribution is 7.52. The minimum atomic E-state index is -4.38. The third-order valence-electron chi connectivity index (χ3n) is 8.81. The van der Waals surface area contributed by atoms with E-state index in [2.05, 4.69) is 29.6 Å². The molecule has 63 heavy (non-hydrogen) atoms. The van der Waals surface area contributed by atoms with E-state index in [1.165, 1.54) is 26.0 Å². The highest BCUT2D eigenvalue weighted by Gasteiger charge is 2.61. The highest BCUT2D eigenvalue weighted by atomic mass is 31.2. The van der Waals surface area contributed by atoms with Gasteiger partial charge in [0.15, 0.2) is 12.2 Å². The zero-order chi connectivity index (χ0) is 47.1. The number of carbonyl (C=O) groups is 2. The van der Waals surface area contributed by atoms with Crippen LogP contribution in [0.25, 0.3) is 0 Å². The van der Waals surface area contributed by atoms with Crippen molar-refractivity contribution in [2.24, 2.45) is 0 Å². The van der Waals surface area contributed by atoms with E-state index in [1.807, 2.05) is 0 Å². The van der Waals surface area contributed by atoms with Gasteiger partial charge in [-0.15, -0.1) is 0 Å². The highest BCUT2D eigenvalue weighted by Crippen LogP contribution is 2.49. The SMILES string of the molecule is COC(=O)C(C)NP(=O)(OC)OCC1OC(n2ccc(N)nc2=O)C(F)(F)C1O.COC(=O)C(C)NP(=O)(OCC1OC(n2ccc(N)nc2=O)C(F)(F)C1O)Oc1ccccc1. The summed E-state index contributed by atoms with van der Waals surface area (Å²) in [5.41, 5.74) is 8.46. The van der Waals surface area contributed by atoms with Crippen LogP contribution < -0.4 is 37.5 Å². The first kappa shape index (κ1) is 50.8. The molecule has 2 aliphatic rings. The third-order valence-corrected chi connectivity index (χ3v) is 12.1. The van der Waals surface area contributed by atoms with Gasteiger partial charge in [0.2, 0.25) is 12.5 Å². The maximum atomic E-state index is 14.7. The van der Waals surface area contributed by atoms with Crippen molar-refractivity contribution in [2.75, 3.05) is 46.0 Å². The Morgan fingerprint density at radius 1 is 0.762 bits per heavy atom. The summed E-state index contributed by atoms with van der Waals surface area (Å²) < 4.78 is 125. The molecular formula is C33H44F4N8O16P2. The molecule has 350 valence electrons. The average Bonchev–Trinajstić information content (AvgIpc) is 3.60. The van der Waals surface area contributed by atoms with Gasteiger partial charge in [0, 0.05) is 19.5 Å². The number of ether oxygens (including phenoxy) is 4. The topological polar surface area (TPSA) is 328 Å². The molecule has 0 bridgehead atoms. The predicted molar refractivity (Wildman–Crippen MR) is 206 cm³/mol. The number of aliphatic hydroxyl groups is 2. The summed E-state index contributed by atoms with van der Waals surface area (Å²) in [4.78, 5) is 53.7. The molecule has 0 amide bonds. The zero-order valence-electron chi connectivity index (χ0n) is 33.7. The quantitative estimate of drug-likeness (QED) is 0.0617. The van der Waals surface area contributed by atoms with Gasteiger partial charge in [-0.2, -0.15) is 32.6 Å². The number of halogens is 4. The summed E-state index contributed by atoms with van der Waals surface area (Å²) in [5, 5.41) is 24.7. The van der Waals surface area contributed by atoms with Gasteiger partial charge >= 0.3 is 50.7 Å². The van der Waals surface area contributed by atoms with E-state index in [-0.39, 0.29) is 17.4 Å². The second-order valence-corrected chi connectivity index (χ2v) is 16.9. The van der Waals surface area contributed by atoms with Gasteiger partial charge in [-0.1, -0.05) is 18.2 Å². The average molecular weight is 947 g/mol. The van der Waals surface area contributed by atoms with Crippen molar-refractivity contribution in [1.29, 1.82) is 0 Å². The van der Waals surface area contributed by atoms with E-state index in [9.17, 15) is 56.1 Å². The second kappa shape index (κ2) is 20.8. The number of methoxy groups -OCH3 is 2. The van der Waals surface area contributed by atoms with E-state index < -0.39 is 113 Å². The van der Waals surface area contributed by atoms with Crippen LogP contribution in [0.5, 0.6) is 5.75 Å². The van der Waals surface area contributed by atoms with Crippen molar-refractivity contribution < 1.29 is 83.5 Å². The summed E-state index contributed by atoms with van der Waals surface area (Å²) >= 11 is 0. The lowest BCUT2D eigenvalue weighted by Gasteiger charge is -2.24. The molecule has 0 aliphatic carbocycles. The number of para-hydroxylation sites is 1. The smallest absolute Gasteiger partial charge is 0.459 e. The lowest BCUT2D eigenvalue weighted by molar-refractivity contribution is -0.143. The molecule has 5 rings (SSSR count). The molecule has 10 unspecified atom stereocenters. The standard InChI is InChI=1S/C19H23F2N4O8P.C14H21F2N4O8P/c1-11(16(27)30-2)24-34(29,33-12-6-4-3-5-7-12)31-10-13-15(26)19(20,21)17(32-13)25-9-8-14(22)23-18(25)28;1-7(11(22)25-2)19-29(24,26-3)27-6-8-10(21)14(15,16)12(28-8)20-5-4-9(17)18-13(20)23/h3-9,11,13,15,17,26H,10H2,1-2H3,(H,24,29)(H2,22,23,28);4-5,7-8,10,12,21H,6H2,1-3H3,(H,19,24)(H2,17,18,23). The molecule has 1 aromatic carbocycles. The fourth-order valence-electron chi connectivity index (χ4n) is 5.55. The van der Waals surface area contributed by atoms with Crippen LogP contribution in [0.4, 0.5) is 29.2 Å². The van der Waals surface area contributed by atoms with Gasteiger partial charge in [-0.05, 0) is 38.1 Å². The van der Waals surface area contributed by atoms with Crippen molar-refractivity contribution in [1.82, 2.24) is 29.3 Å². The summed E-state index contributed by atoms with van der Waals surface area (Å²) in [5.74, 6) is -9.69. The van der Waals surface area contributed by atoms with Crippen molar-refractivity contribution >= 4 is 39.1 Å². The fraction of sp³-hybridized carbons (Fsp3) is 0.515. The molecule has 3 aromatic rings. The first-order valence-corrected chi connectivity index (χ1v) is 21.1. The summed E-state index contributed by atoms with van der Waals surface area (Å²) in [6.45, 7) is 0.972. The fourth-order valence-corrected chi connectivity index (χ4v) is 8.26. The van der Waals surface area contributed by atoms with Crippen LogP contribution in [0, 0.1) is 0 Å². The van der Waals surface area contributed by atoms with Gasteiger partial charge < -0.3 is 49.7 Å². The Balaban J connectivity index is 0.000000280. The first-order chi connectivity index (χ1) is 29.4. The van der Waals surface area contributed by atoms with Crippen molar-refractivity contribution in [3.05, 3.63) is 75.8 Å². The predicted octanol–water partition coefficient (Wildman–Crippen LogP) is 0.715. The van der Waals surface area contributed by atoms with Gasteiger partial charge in [0.05, 0.1) is 27.4 Å². The molecule has 2 fully saturated rings. The number of nitrogens with two attached hydrogens (primary N) is 2. The number of hydrogen-bond acceptors (Lipinski definition) is 20. The minimum Gasteiger partial charge on any atom is -0.468 e. The lowest BCUT2D eigenvalue weighted by atomic mass is 10.1. The van der Waals surface area contributed by atoms with Crippen LogP contribution >= 0.6 is 15.5 Å². The van der Waals surface area contributed by atoms with E-state index in [1.54, 1.807) is 18.2 Å². The number of benzene rings is 1. The first-order valence-electron chi connectivity index (χ1n) is 18.0. The van der Waals surface area contributed by atoms with E-state index in [0.717, 1.165) is 45.9 Å². The Hall–Kier alpha value is -4.86. The van der Waals surface area contributed by atoms with E-state index in [4.69, 9.17) is 39.0 Å². The number of carbonyl (C=O) groups excluding carboxylic acids is 2. The summed E-state index contributed by atoms with van der Waals surface area (Å²) in [6.07, 6.45) is -10.8. The minimum absolute atomic E-state index is 0.0889. The molecule has 8 N–H and O–H groups in total. The Bertz CT molecular complexity index is 2280. The van der Waals surface area contributed by atoms with Gasteiger partial charge in [-0.25, -0.2) is 23.8 Å². The number of nitrogens with zero attached hydrogens (tertiary/aromatic N) is 4. The molecule has 4 heterocycles. The van der Waals surface area contributed by atoms with Crippen molar-refractivity contribution in [3.8, 4) is 5.75 Å². The Labute approximate surface area is 353 Å². The molecule has 0 spiro atoms. The molecular weight excluding hydrogens is 902 g/mol. The molecule has 30 heteroatoms. The number of rotatable bonds is 17. The lowest BCUT2D eigenvalue weighted by Crippen LogP contribution is -2.42. The number of alkyl halides is 4. The zero-order valence-corrected chi connectivity index (χ0v) is 35.5. The number of anilines is 2. The number of nitrogen functional groups attached to an aromatic ring is 2. The van der Waals surface area contributed by atoms with Gasteiger partial charge in [0.25, 0.3) is 0 Å². The van der Waals surface area contributed by atoms with Crippen LogP contribution in [0.2, 0.25) is 0 Å². The monoisotopic (exact) mass is 946 g/mol. The largest absolute Gasteiger partial charge is 0.468 e. The maximum Gasteiger partial charge on any atom is 0.459 e. The molecule has 0 radical (unpaired) electrons. The molecule has 2 aromatic heterocycles. The molecule has 2 saturated heterocycles. The Morgan fingerprint density at radius 3 is 1.54 bits per heavy atom. The number of nitrogens with one attached hydrogen (secondary N) is 2. The molecule has 2 aliphatic heterocycles. The maximum absolute atomic E-state index is 14.7. The van der Waals surface area contributed by atoms with Crippen molar-refractivity contribution in [3.63, 3.8) is 0 Å². The van der Waals surface area contributed by atoms with E-state index in [0.29, 0.717) is 9.13 Å². The van der Waals surface area contributed by atoms with Crippen LogP contribution in [-0.4, -0.2) is 124 Å². The normalized spacial score (nSPS) is 25.3. The molecule has 0 saturated carbocycles.